The minimum atomic E-state index is -0.955. The molecule has 3 aromatic heterocycles. The molecule has 0 bridgehead atoms. The van der Waals surface area contributed by atoms with Crippen LogP contribution in [-0.4, -0.2) is 37.1 Å². The minimum Gasteiger partial charge on any atom is -0.481 e. The van der Waals surface area contributed by atoms with Crippen molar-refractivity contribution >= 4 is 22.8 Å². The first kappa shape index (κ1) is 19.2. The molecule has 1 unspecified atom stereocenters. The van der Waals surface area contributed by atoms with Crippen LogP contribution in [0.15, 0.2) is 24.7 Å². The van der Waals surface area contributed by atoms with E-state index >= 15 is 0 Å². The third-order valence-electron chi connectivity index (χ3n) is 5.76. The number of carbonyl (C=O) groups is 1. The van der Waals surface area contributed by atoms with Gasteiger partial charge in [-0.05, 0) is 24.3 Å². The van der Waals surface area contributed by atoms with E-state index in [0.717, 1.165) is 38.1 Å². The summed E-state index contributed by atoms with van der Waals surface area (Å²) in [6.45, 7) is 2.02. The summed E-state index contributed by atoms with van der Waals surface area (Å²) in [4.78, 5) is 26.6. The fraction of sp³-hybridized carbons (Fsp3) is 0.400. The molecule has 0 radical (unpaired) electrons. The Balaban J connectivity index is 1.70. The highest BCUT2D eigenvalue weighted by Gasteiger charge is 2.38. The Morgan fingerprint density at radius 3 is 2.79 bits per heavy atom. The second-order valence-electron chi connectivity index (χ2n) is 7.80. The zero-order valence-electron chi connectivity index (χ0n) is 15.9. The molecule has 1 atom stereocenters. The molecule has 1 aliphatic rings. The Bertz CT molecular complexity index is 1060. The summed E-state index contributed by atoms with van der Waals surface area (Å²) in [6.07, 6.45) is 7.33. The van der Waals surface area contributed by atoms with Gasteiger partial charge in [0, 0.05) is 23.2 Å². The highest BCUT2D eigenvalue weighted by Crippen LogP contribution is 2.43. The third kappa shape index (κ3) is 3.76. The van der Waals surface area contributed by atoms with E-state index in [1.807, 2.05) is 6.92 Å². The summed E-state index contributed by atoms with van der Waals surface area (Å²) in [5, 5.41) is 12.8. The lowest BCUT2D eigenvalue weighted by Crippen LogP contribution is -2.39. The van der Waals surface area contributed by atoms with Gasteiger partial charge in [-0.15, -0.1) is 0 Å². The Morgan fingerprint density at radius 1 is 1.31 bits per heavy atom. The number of aromatic nitrogens is 4. The molecule has 3 N–H and O–H groups in total. The Hall–Kier alpha value is -3.10. The van der Waals surface area contributed by atoms with Crippen molar-refractivity contribution in [1.29, 1.82) is 0 Å². The van der Waals surface area contributed by atoms with Crippen LogP contribution in [0, 0.1) is 17.0 Å². The molecule has 0 saturated heterocycles. The number of nitrogens with zero attached hydrogens (tertiary/aromatic N) is 3. The van der Waals surface area contributed by atoms with Crippen LogP contribution >= 0.6 is 0 Å². The number of aromatic amines is 1. The fourth-order valence-corrected chi connectivity index (χ4v) is 4.10. The fourth-order valence-electron chi connectivity index (χ4n) is 4.10. The van der Waals surface area contributed by atoms with Crippen LogP contribution in [0.1, 0.15) is 39.0 Å². The number of aliphatic carboxylic acids is 1. The SMILES string of the molecule is CC1(C(CC(=O)O)Nc2nc(-c3c[nH]c4ncc(F)cc34)ncc2F)CCCC1. The molecule has 1 aliphatic carbocycles. The monoisotopic (exact) mass is 401 g/mol. The first-order chi connectivity index (χ1) is 13.9. The highest BCUT2D eigenvalue weighted by atomic mass is 19.1. The summed E-state index contributed by atoms with van der Waals surface area (Å²) >= 11 is 0. The van der Waals surface area contributed by atoms with Gasteiger partial charge < -0.3 is 15.4 Å². The molecule has 29 heavy (non-hydrogen) atoms. The highest BCUT2D eigenvalue weighted by molar-refractivity contribution is 5.91. The van der Waals surface area contributed by atoms with Crippen molar-refractivity contribution in [3.63, 3.8) is 0 Å². The van der Waals surface area contributed by atoms with Gasteiger partial charge in [0.25, 0.3) is 0 Å². The zero-order chi connectivity index (χ0) is 20.6. The molecule has 0 spiro atoms. The molecule has 0 aliphatic heterocycles. The Kier molecular flexibility index (Phi) is 4.89. The molecule has 0 aromatic carbocycles. The van der Waals surface area contributed by atoms with Crippen LogP contribution in [0.3, 0.4) is 0 Å². The maximum absolute atomic E-state index is 14.5. The molecule has 9 heteroatoms. The predicted octanol–water partition coefficient (Wildman–Crippen LogP) is 4.13. The van der Waals surface area contributed by atoms with Gasteiger partial charge >= 0.3 is 5.97 Å². The van der Waals surface area contributed by atoms with E-state index in [2.05, 4.69) is 25.3 Å². The topological polar surface area (TPSA) is 104 Å². The van der Waals surface area contributed by atoms with Crippen molar-refractivity contribution in [2.45, 2.75) is 45.1 Å². The first-order valence-corrected chi connectivity index (χ1v) is 9.49. The number of hydrogen-bond donors (Lipinski definition) is 3. The Labute approximate surface area is 165 Å². The summed E-state index contributed by atoms with van der Waals surface area (Å²) < 4.78 is 28.1. The average molecular weight is 401 g/mol. The maximum atomic E-state index is 14.5. The number of hydrogen-bond acceptors (Lipinski definition) is 5. The lowest BCUT2D eigenvalue weighted by molar-refractivity contribution is -0.137. The summed E-state index contributed by atoms with van der Waals surface area (Å²) in [5.74, 6) is -2.00. The standard InChI is InChI=1S/C20H21F2N5O2/c1-20(4-2-3-5-20)15(7-16(28)29)26-19-14(22)10-25-18(27-19)13-9-24-17-12(13)6-11(21)8-23-17/h6,8-10,15H,2-5,7H2,1H3,(H,23,24)(H,28,29)(H,25,26,27). The second-order valence-corrected chi connectivity index (χ2v) is 7.80. The van der Waals surface area contributed by atoms with Gasteiger partial charge in [0.1, 0.15) is 11.5 Å². The number of halogens is 2. The average Bonchev–Trinajstić information content (AvgIpc) is 3.29. The van der Waals surface area contributed by atoms with Crippen LogP contribution in [-0.2, 0) is 4.79 Å². The van der Waals surface area contributed by atoms with Crippen molar-refractivity contribution < 1.29 is 18.7 Å². The van der Waals surface area contributed by atoms with Crippen LogP contribution in [0.5, 0.6) is 0 Å². The summed E-state index contributed by atoms with van der Waals surface area (Å²) in [6, 6.07) is 0.836. The lowest BCUT2D eigenvalue weighted by atomic mass is 9.79. The van der Waals surface area contributed by atoms with Gasteiger partial charge in [0.05, 0.1) is 18.8 Å². The quantitative estimate of drug-likeness (QED) is 0.574. The normalized spacial score (nSPS) is 16.8. The van der Waals surface area contributed by atoms with Crippen molar-refractivity contribution in [2.75, 3.05) is 5.32 Å². The lowest BCUT2D eigenvalue weighted by Gasteiger charge is -2.34. The molecular weight excluding hydrogens is 380 g/mol. The molecule has 0 amide bonds. The number of fused-ring (bicyclic) bond motifs is 1. The number of nitrogens with one attached hydrogen (secondary N) is 2. The van der Waals surface area contributed by atoms with Crippen LogP contribution in [0.25, 0.3) is 22.4 Å². The number of carboxylic acid groups (broad SMARTS) is 1. The van der Waals surface area contributed by atoms with Gasteiger partial charge in [0.2, 0.25) is 0 Å². The number of pyridine rings is 1. The van der Waals surface area contributed by atoms with Gasteiger partial charge in [-0.25, -0.2) is 23.7 Å². The van der Waals surface area contributed by atoms with E-state index in [9.17, 15) is 18.7 Å². The van der Waals surface area contributed by atoms with E-state index in [4.69, 9.17) is 0 Å². The van der Waals surface area contributed by atoms with Gasteiger partial charge in [-0.1, -0.05) is 19.8 Å². The molecule has 3 heterocycles. The number of carboxylic acids is 1. The van der Waals surface area contributed by atoms with Crippen molar-refractivity contribution in [2.24, 2.45) is 5.41 Å². The molecule has 1 fully saturated rings. The van der Waals surface area contributed by atoms with Crippen molar-refractivity contribution in [3.8, 4) is 11.4 Å². The second kappa shape index (κ2) is 7.38. The predicted molar refractivity (Wildman–Crippen MR) is 103 cm³/mol. The van der Waals surface area contributed by atoms with Gasteiger partial charge in [0.15, 0.2) is 17.5 Å². The molecule has 1 saturated carbocycles. The van der Waals surface area contributed by atoms with Crippen LogP contribution in [0.4, 0.5) is 14.6 Å². The summed E-state index contributed by atoms with van der Waals surface area (Å²) in [5.41, 5.74) is 0.687. The van der Waals surface area contributed by atoms with Crippen LogP contribution < -0.4 is 5.32 Å². The smallest absolute Gasteiger partial charge is 0.305 e. The summed E-state index contributed by atoms with van der Waals surface area (Å²) in [7, 11) is 0. The molecule has 7 nitrogen and oxygen atoms in total. The Morgan fingerprint density at radius 2 is 2.07 bits per heavy atom. The first-order valence-electron chi connectivity index (χ1n) is 9.49. The van der Waals surface area contributed by atoms with E-state index < -0.39 is 23.6 Å². The largest absolute Gasteiger partial charge is 0.481 e. The molecular formula is C20H21F2N5O2. The van der Waals surface area contributed by atoms with Gasteiger partial charge in [-0.2, -0.15) is 0 Å². The van der Waals surface area contributed by atoms with E-state index in [1.165, 1.54) is 6.07 Å². The number of anilines is 1. The number of rotatable bonds is 6. The van der Waals surface area contributed by atoms with Crippen molar-refractivity contribution in [3.05, 3.63) is 36.3 Å². The van der Waals surface area contributed by atoms with E-state index in [0.29, 0.717) is 16.6 Å². The van der Waals surface area contributed by atoms with Gasteiger partial charge in [-0.3, -0.25) is 4.79 Å². The third-order valence-corrected chi connectivity index (χ3v) is 5.76. The minimum absolute atomic E-state index is 0.0620. The zero-order valence-corrected chi connectivity index (χ0v) is 15.9. The van der Waals surface area contributed by atoms with E-state index in [1.54, 1.807) is 6.20 Å². The molecule has 152 valence electrons. The van der Waals surface area contributed by atoms with Crippen molar-refractivity contribution in [1.82, 2.24) is 19.9 Å². The molecule has 3 aromatic rings. The maximum Gasteiger partial charge on any atom is 0.305 e. The van der Waals surface area contributed by atoms with E-state index in [-0.39, 0.29) is 23.5 Å². The van der Waals surface area contributed by atoms with Crippen LogP contribution in [0.2, 0.25) is 0 Å². The molecule has 4 rings (SSSR count). The number of H-pyrrole nitrogens is 1.